The first-order valence-corrected chi connectivity index (χ1v) is 9.64. The highest BCUT2D eigenvalue weighted by Crippen LogP contribution is 2.29. The second-order valence-corrected chi connectivity index (χ2v) is 8.48. The number of carbonyl (C=O) groups excluding carboxylic acids is 2. The minimum Gasteiger partial charge on any atom is -0.480 e. The van der Waals surface area contributed by atoms with Gasteiger partial charge in [-0.05, 0) is 65.2 Å². The third-order valence-corrected chi connectivity index (χ3v) is 5.16. The fourth-order valence-corrected chi connectivity index (χ4v) is 3.78. The Hall–Kier alpha value is -1.79. The number of carboxylic acids is 1. The molecule has 2 rings (SSSR count). The van der Waals surface area contributed by atoms with Crippen LogP contribution in [-0.2, 0) is 14.3 Å². The average Bonchev–Trinajstić information content (AvgIpc) is 2.54. The van der Waals surface area contributed by atoms with Crippen LogP contribution in [0.15, 0.2) is 0 Å². The number of carbonyl (C=O) groups is 3. The molecule has 2 fully saturated rings. The predicted molar refractivity (Wildman–Crippen MR) is 96.7 cm³/mol. The maximum atomic E-state index is 12.4. The quantitative estimate of drug-likeness (QED) is 0.806. The van der Waals surface area contributed by atoms with Crippen LogP contribution in [0.3, 0.4) is 0 Å². The van der Waals surface area contributed by atoms with Crippen molar-refractivity contribution in [3.63, 3.8) is 0 Å². The van der Waals surface area contributed by atoms with Crippen LogP contribution in [0, 0.1) is 11.8 Å². The van der Waals surface area contributed by atoms with Crippen LogP contribution in [0.4, 0.5) is 4.79 Å². The van der Waals surface area contributed by atoms with Crippen LogP contribution in [0.5, 0.6) is 0 Å². The van der Waals surface area contributed by atoms with Gasteiger partial charge in [-0.2, -0.15) is 0 Å². The molecule has 2 aliphatic heterocycles. The first-order chi connectivity index (χ1) is 12.2. The first-order valence-electron chi connectivity index (χ1n) is 9.64. The summed E-state index contributed by atoms with van der Waals surface area (Å²) in [6.45, 7) is 7.36. The minimum atomic E-state index is -0.950. The summed E-state index contributed by atoms with van der Waals surface area (Å²) in [7, 11) is 0. The van der Waals surface area contributed by atoms with Crippen LogP contribution in [-0.4, -0.2) is 64.7 Å². The Balaban J connectivity index is 1.73. The number of rotatable bonds is 5. The van der Waals surface area contributed by atoms with Gasteiger partial charge in [-0.15, -0.1) is 0 Å². The van der Waals surface area contributed by atoms with Crippen molar-refractivity contribution in [1.29, 1.82) is 0 Å². The Bertz CT molecular complexity index is 521. The van der Waals surface area contributed by atoms with E-state index in [1.54, 1.807) is 4.90 Å². The van der Waals surface area contributed by atoms with E-state index >= 15 is 0 Å². The fourth-order valence-electron chi connectivity index (χ4n) is 3.78. The van der Waals surface area contributed by atoms with E-state index in [0.717, 1.165) is 38.5 Å². The smallest absolute Gasteiger partial charge is 0.410 e. The first kappa shape index (κ1) is 20.5. The number of piperidine rings is 2. The summed E-state index contributed by atoms with van der Waals surface area (Å²) >= 11 is 0. The zero-order chi connectivity index (χ0) is 19.3. The monoisotopic (exact) mass is 368 g/mol. The second kappa shape index (κ2) is 8.73. The third-order valence-electron chi connectivity index (χ3n) is 5.16. The van der Waals surface area contributed by atoms with Crippen LogP contribution in [0.2, 0.25) is 0 Å². The third kappa shape index (κ3) is 6.18. The molecule has 2 amide bonds. The molecule has 0 radical (unpaired) electrons. The molecule has 7 heteroatoms. The predicted octanol–water partition coefficient (Wildman–Crippen LogP) is 2.74. The number of likely N-dealkylation sites (tertiary alicyclic amines) is 2. The summed E-state index contributed by atoms with van der Waals surface area (Å²) in [5.41, 5.74) is -0.475. The van der Waals surface area contributed by atoms with Gasteiger partial charge in [-0.3, -0.25) is 9.59 Å². The average molecular weight is 368 g/mol. The maximum absolute atomic E-state index is 12.4. The fraction of sp³-hybridized carbons (Fsp3) is 0.842. The molecule has 26 heavy (non-hydrogen) atoms. The van der Waals surface area contributed by atoms with Crippen molar-refractivity contribution in [1.82, 2.24) is 9.80 Å². The van der Waals surface area contributed by atoms with Crippen molar-refractivity contribution >= 4 is 18.0 Å². The van der Waals surface area contributed by atoms with Crippen molar-refractivity contribution in [2.24, 2.45) is 11.8 Å². The van der Waals surface area contributed by atoms with Gasteiger partial charge in [0.05, 0.1) is 0 Å². The van der Waals surface area contributed by atoms with E-state index in [9.17, 15) is 14.4 Å². The van der Waals surface area contributed by atoms with E-state index in [0.29, 0.717) is 25.6 Å². The van der Waals surface area contributed by atoms with Crippen LogP contribution < -0.4 is 0 Å². The van der Waals surface area contributed by atoms with Gasteiger partial charge in [-0.25, -0.2) is 4.79 Å². The van der Waals surface area contributed by atoms with Gasteiger partial charge in [0.2, 0.25) is 5.91 Å². The molecular formula is C19H32N2O5. The minimum absolute atomic E-state index is 0.00941. The molecule has 2 heterocycles. The molecule has 0 bridgehead atoms. The SMILES string of the molecule is CC(C)(C)OC(=O)N1CCC(CC[C@H]2CCCN(CC(=O)O)C2=O)CC1. The lowest BCUT2D eigenvalue weighted by molar-refractivity contribution is -0.148. The highest BCUT2D eigenvalue weighted by molar-refractivity contribution is 5.83. The number of nitrogens with zero attached hydrogens (tertiary/aromatic N) is 2. The zero-order valence-electron chi connectivity index (χ0n) is 16.2. The molecule has 0 saturated carbocycles. The molecule has 0 aromatic rings. The lowest BCUT2D eigenvalue weighted by Crippen LogP contribution is -2.44. The summed E-state index contributed by atoms with van der Waals surface area (Å²) in [6.07, 6.45) is 5.11. The van der Waals surface area contributed by atoms with E-state index in [1.807, 2.05) is 20.8 Å². The Kier molecular flexibility index (Phi) is 6.89. The summed E-state index contributed by atoms with van der Waals surface area (Å²) in [4.78, 5) is 38.6. The summed E-state index contributed by atoms with van der Waals surface area (Å²) in [6, 6.07) is 0. The Labute approximate surface area is 155 Å². The maximum Gasteiger partial charge on any atom is 0.410 e. The number of carboxylic acid groups (broad SMARTS) is 1. The van der Waals surface area contributed by atoms with Gasteiger partial charge in [0, 0.05) is 25.6 Å². The molecular weight excluding hydrogens is 336 g/mol. The lowest BCUT2D eigenvalue weighted by atomic mass is 9.85. The van der Waals surface area contributed by atoms with E-state index in [1.165, 1.54) is 4.90 Å². The van der Waals surface area contributed by atoms with Gasteiger partial charge in [0.1, 0.15) is 12.1 Å². The number of ether oxygens (including phenoxy) is 1. The van der Waals surface area contributed by atoms with E-state index < -0.39 is 11.6 Å². The number of hydrogen-bond acceptors (Lipinski definition) is 4. The second-order valence-electron chi connectivity index (χ2n) is 8.48. The molecule has 0 aromatic heterocycles. The number of amides is 2. The van der Waals surface area contributed by atoms with Crippen molar-refractivity contribution in [3.05, 3.63) is 0 Å². The molecule has 1 N–H and O–H groups in total. The highest BCUT2D eigenvalue weighted by Gasteiger charge is 2.31. The van der Waals surface area contributed by atoms with Crippen molar-refractivity contribution in [2.45, 2.75) is 64.9 Å². The Morgan fingerprint density at radius 3 is 2.35 bits per heavy atom. The normalized spacial score (nSPS) is 22.4. The zero-order valence-corrected chi connectivity index (χ0v) is 16.2. The molecule has 0 spiro atoms. The summed E-state index contributed by atoms with van der Waals surface area (Å²) in [5, 5.41) is 8.91. The van der Waals surface area contributed by atoms with Gasteiger partial charge in [0.15, 0.2) is 0 Å². The molecule has 2 aliphatic rings. The van der Waals surface area contributed by atoms with Crippen LogP contribution in [0.25, 0.3) is 0 Å². The number of hydrogen-bond donors (Lipinski definition) is 1. The van der Waals surface area contributed by atoms with E-state index in [-0.39, 0.29) is 24.5 Å². The van der Waals surface area contributed by atoms with E-state index in [2.05, 4.69) is 0 Å². The van der Waals surface area contributed by atoms with Gasteiger partial charge in [-0.1, -0.05) is 0 Å². The molecule has 2 saturated heterocycles. The Morgan fingerprint density at radius 1 is 1.12 bits per heavy atom. The highest BCUT2D eigenvalue weighted by atomic mass is 16.6. The summed E-state index contributed by atoms with van der Waals surface area (Å²) < 4.78 is 5.41. The molecule has 1 atom stereocenters. The van der Waals surface area contributed by atoms with E-state index in [4.69, 9.17) is 9.84 Å². The topological polar surface area (TPSA) is 87.2 Å². The standard InChI is InChI=1S/C19H32N2O5/c1-19(2,3)26-18(25)20-11-8-14(9-12-20)6-7-15-5-4-10-21(17(15)24)13-16(22)23/h14-15H,4-13H2,1-3H3,(H,22,23)/t15-/m1/s1. The van der Waals surface area contributed by atoms with Crippen molar-refractivity contribution in [2.75, 3.05) is 26.2 Å². The summed E-state index contributed by atoms with van der Waals surface area (Å²) in [5.74, 6) is -0.498. The van der Waals surface area contributed by atoms with Crippen molar-refractivity contribution in [3.8, 4) is 0 Å². The van der Waals surface area contributed by atoms with Crippen LogP contribution >= 0.6 is 0 Å². The largest absolute Gasteiger partial charge is 0.480 e. The van der Waals surface area contributed by atoms with Gasteiger partial charge >= 0.3 is 12.1 Å². The lowest BCUT2D eigenvalue weighted by Gasteiger charge is -2.35. The number of aliphatic carboxylic acids is 1. The molecule has 0 unspecified atom stereocenters. The molecule has 148 valence electrons. The molecule has 0 aromatic carbocycles. The molecule has 0 aliphatic carbocycles. The Morgan fingerprint density at radius 2 is 1.77 bits per heavy atom. The molecule has 7 nitrogen and oxygen atoms in total. The van der Waals surface area contributed by atoms with Gasteiger partial charge < -0.3 is 19.6 Å². The van der Waals surface area contributed by atoms with Crippen molar-refractivity contribution < 1.29 is 24.2 Å². The van der Waals surface area contributed by atoms with Crippen LogP contribution in [0.1, 0.15) is 59.3 Å². The van der Waals surface area contributed by atoms with Gasteiger partial charge in [0.25, 0.3) is 0 Å².